The van der Waals surface area contributed by atoms with E-state index < -0.39 is 0 Å². The largest absolute Gasteiger partial charge is 0.303 e. The highest BCUT2D eigenvalue weighted by Gasteiger charge is 2.19. The van der Waals surface area contributed by atoms with Gasteiger partial charge >= 0.3 is 0 Å². The maximum absolute atomic E-state index is 13.9. The monoisotopic (exact) mass is 456 g/mol. The van der Waals surface area contributed by atoms with E-state index in [2.05, 4.69) is 10.3 Å². The number of imidazole rings is 1. The highest BCUT2D eigenvalue weighted by Crippen LogP contribution is 2.28. The lowest BCUT2D eigenvalue weighted by Crippen LogP contribution is -2.16. The minimum atomic E-state index is -0.268. The van der Waals surface area contributed by atoms with Gasteiger partial charge in [-0.3, -0.25) is 4.79 Å². The molecule has 1 N–H and O–H groups in total. The number of pyridine rings is 1. The molecule has 1 amide bonds. The van der Waals surface area contributed by atoms with Crippen molar-refractivity contribution in [2.24, 2.45) is 0 Å². The van der Waals surface area contributed by atoms with Crippen LogP contribution in [-0.2, 0) is 11.2 Å². The molecule has 0 saturated carbocycles. The predicted octanol–water partition coefficient (Wildman–Crippen LogP) is 6.06. The first kappa shape index (κ1) is 21.0. The van der Waals surface area contributed by atoms with Crippen LogP contribution >= 0.6 is 11.3 Å². The molecule has 7 heteroatoms. The maximum Gasteiger partial charge on any atom is 0.232 e. The molecule has 5 aromatic rings. The normalized spacial score (nSPS) is 11.1. The summed E-state index contributed by atoms with van der Waals surface area (Å²) in [5, 5.41) is 5.39. The molecule has 0 aliphatic heterocycles. The van der Waals surface area contributed by atoms with Crippen molar-refractivity contribution < 1.29 is 9.18 Å². The number of halogens is 1. The Morgan fingerprint density at radius 2 is 1.85 bits per heavy atom. The molecule has 5 rings (SSSR count). The lowest BCUT2D eigenvalue weighted by Gasteiger charge is -2.07. The number of thiazole rings is 1. The van der Waals surface area contributed by atoms with E-state index in [1.807, 2.05) is 65.4 Å². The molecule has 164 valence electrons. The van der Waals surface area contributed by atoms with Gasteiger partial charge in [0.15, 0.2) is 5.13 Å². The van der Waals surface area contributed by atoms with Crippen molar-refractivity contribution >= 4 is 28.0 Å². The molecule has 0 fully saturated rings. The number of hydrogen-bond acceptors (Lipinski definition) is 4. The number of fused-ring (bicyclic) bond motifs is 1. The Labute approximate surface area is 194 Å². The van der Waals surface area contributed by atoms with Crippen molar-refractivity contribution in [1.82, 2.24) is 14.4 Å². The lowest BCUT2D eigenvalue weighted by molar-refractivity contribution is -0.115. The second-order valence-electron chi connectivity index (χ2n) is 7.93. The molecule has 0 bridgehead atoms. The first-order chi connectivity index (χ1) is 16.0. The number of amides is 1. The van der Waals surface area contributed by atoms with Crippen LogP contribution in [0.25, 0.3) is 28.2 Å². The molecular weight excluding hydrogens is 435 g/mol. The van der Waals surface area contributed by atoms with Gasteiger partial charge in [-0.25, -0.2) is 14.4 Å². The second-order valence-corrected chi connectivity index (χ2v) is 8.79. The summed E-state index contributed by atoms with van der Waals surface area (Å²) in [6.07, 6.45) is 2.07. The Balaban J connectivity index is 1.46. The molecule has 0 atom stereocenters. The van der Waals surface area contributed by atoms with Gasteiger partial charge in [0, 0.05) is 22.7 Å². The quantitative estimate of drug-likeness (QED) is 0.350. The van der Waals surface area contributed by atoms with Gasteiger partial charge < -0.3 is 9.72 Å². The fraction of sp³-hybridized carbons (Fsp3) is 0.115. The highest BCUT2D eigenvalue weighted by atomic mass is 32.1. The van der Waals surface area contributed by atoms with Gasteiger partial charge in [-0.05, 0) is 49.2 Å². The van der Waals surface area contributed by atoms with E-state index in [1.54, 1.807) is 19.1 Å². The summed E-state index contributed by atoms with van der Waals surface area (Å²) >= 11 is 1.39. The molecule has 3 heterocycles. The molecule has 0 aliphatic carbocycles. The molecule has 0 saturated heterocycles. The van der Waals surface area contributed by atoms with E-state index >= 15 is 0 Å². The number of aryl methyl sites for hydroxylation is 2. The molecule has 0 aliphatic rings. The Hall–Kier alpha value is -3.84. The third-order valence-corrected chi connectivity index (χ3v) is 6.20. The van der Waals surface area contributed by atoms with E-state index in [0.717, 1.165) is 33.7 Å². The van der Waals surface area contributed by atoms with Gasteiger partial charge in [-0.15, -0.1) is 11.3 Å². The average Bonchev–Trinajstić information content (AvgIpc) is 3.41. The van der Waals surface area contributed by atoms with E-state index in [0.29, 0.717) is 16.4 Å². The summed E-state index contributed by atoms with van der Waals surface area (Å²) < 4.78 is 15.8. The van der Waals surface area contributed by atoms with Crippen molar-refractivity contribution in [3.05, 3.63) is 94.9 Å². The van der Waals surface area contributed by atoms with Gasteiger partial charge in [-0.1, -0.05) is 36.4 Å². The van der Waals surface area contributed by atoms with Crippen LogP contribution in [0.3, 0.4) is 0 Å². The standard InChI is InChI=1S/C26H21FN4OS/c1-16-8-11-23-29-25(19-9-10-20(27)17(2)12-19)22(31(23)14-16)13-24(32)30-26-28-21(15-33-26)18-6-4-3-5-7-18/h3-12,14-15H,13H2,1-2H3,(H,28,30,32). The van der Waals surface area contributed by atoms with E-state index in [9.17, 15) is 9.18 Å². The number of aromatic nitrogens is 3. The van der Waals surface area contributed by atoms with Crippen LogP contribution in [0.1, 0.15) is 16.8 Å². The number of benzene rings is 2. The second kappa shape index (κ2) is 8.60. The van der Waals surface area contributed by atoms with Crippen molar-refractivity contribution in [3.8, 4) is 22.5 Å². The van der Waals surface area contributed by atoms with Crippen LogP contribution in [0.4, 0.5) is 9.52 Å². The van der Waals surface area contributed by atoms with Crippen LogP contribution in [0.5, 0.6) is 0 Å². The molecule has 0 radical (unpaired) electrons. The van der Waals surface area contributed by atoms with Crippen molar-refractivity contribution in [1.29, 1.82) is 0 Å². The summed E-state index contributed by atoms with van der Waals surface area (Å²) in [6, 6.07) is 18.6. The van der Waals surface area contributed by atoms with Crippen molar-refractivity contribution in [2.75, 3.05) is 5.32 Å². The van der Waals surface area contributed by atoms with E-state index in [4.69, 9.17) is 4.98 Å². The minimum Gasteiger partial charge on any atom is -0.303 e. The van der Waals surface area contributed by atoms with Gasteiger partial charge in [0.1, 0.15) is 11.5 Å². The van der Waals surface area contributed by atoms with Crippen LogP contribution in [0.2, 0.25) is 0 Å². The van der Waals surface area contributed by atoms with Crippen LogP contribution in [0.15, 0.2) is 72.2 Å². The van der Waals surface area contributed by atoms with Crippen LogP contribution in [-0.4, -0.2) is 20.3 Å². The third kappa shape index (κ3) is 4.27. The number of nitrogens with zero attached hydrogens (tertiary/aromatic N) is 3. The molecule has 33 heavy (non-hydrogen) atoms. The Bertz CT molecular complexity index is 1470. The number of hydrogen-bond donors (Lipinski definition) is 1. The molecule has 0 unspecified atom stereocenters. The fourth-order valence-electron chi connectivity index (χ4n) is 3.78. The van der Waals surface area contributed by atoms with Crippen LogP contribution < -0.4 is 5.32 Å². The van der Waals surface area contributed by atoms with Crippen molar-refractivity contribution in [2.45, 2.75) is 20.3 Å². The SMILES string of the molecule is Cc1ccc2nc(-c3ccc(F)c(C)c3)c(CC(=O)Nc3nc(-c4ccccc4)cs3)n2c1. The average molecular weight is 457 g/mol. The third-order valence-electron chi connectivity index (χ3n) is 5.44. The summed E-state index contributed by atoms with van der Waals surface area (Å²) in [5.41, 5.74) is 6.34. The molecular formula is C26H21FN4OS. The lowest BCUT2D eigenvalue weighted by atomic mass is 10.1. The number of anilines is 1. The zero-order valence-electron chi connectivity index (χ0n) is 18.2. The number of rotatable bonds is 5. The van der Waals surface area contributed by atoms with Gasteiger partial charge in [0.2, 0.25) is 5.91 Å². The highest BCUT2D eigenvalue weighted by molar-refractivity contribution is 7.14. The number of nitrogens with one attached hydrogen (secondary N) is 1. The van der Waals surface area contributed by atoms with Crippen molar-refractivity contribution in [3.63, 3.8) is 0 Å². The molecule has 3 aromatic heterocycles. The van der Waals surface area contributed by atoms with Gasteiger partial charge in [-0.2, -0.15) is 0 Å². The van der Waals surface area contributed by atoms with E-state index in [-0.39, 0.29) is 18.1 Å². The zero-order valence-corrected chi connectivity index (χ0v) is 19.0. The first-order valence-electron chi connectivity index (χ1n) is 10.5. The van der Waals surface area contributed by atoms with Crippen LogP contribution in [0, 0.1) is 19.7 Å². The Morgan fingerprint density at radius 1 is 1.03 bits per heavy atom. The van der Waals surface area contributed by atoms with E-state index in [1.165, 1.54) is 17.4 Å². The summed E-state index contributed by atoms with van der Waals surface area (Å²) in [4.78, 5) is 22.3. The number of carbonyl (C=O) groups excluding carboxylic acids is 1. The minimum absolute atomic E-state index is 0.108. The van der Waals surface area contributed by atoms with Gasteiger partial charge in [0.25, 0.3) is 0 Å². The molecule has 5 nitrogen and oxygen atoms in total. The topological polar surface area (TPSA) is 59.3 Å². The smallest absolute Gasteiger partial charge is 0.232 e. The summed E-state index contributed by atoms with van der Waals surface area (Å²) in [5.74, 6) is -0.456. The first-order valence-corrected chi connectivity index (χ1v) is 11.4. The van der Waals surface area contributed by atoms with Gasteiger partial charge in [0.05, 0.1) is 23.5 Å². The fourth-order valence-corrected chi connectivity index (χ4v) is 4.52. The Morgan fingerprint density at radius 3 is 2.64 bits per heavy atom. The summed E-state index contributed by atoms with van der Waals surface area (Å²) in [6.45, 7) is 3.71. The Kier molecular flexibility index (Phi) is 5.48. The summed E-state index contributed by atoms with van der Waals surface area (Å²) in [7, 11) is 0. The predicted molar refractivity (Wildman–Crippen MR) is 130 cm³/mol. The maximum atomic E-state index is 13.9. The zero-order chi connectivity index (χ0) is 22.9. The number of carbonyl (C=O) groups is 1. The molecule has 0 spiro atoms. The molecule has 2 aromatic carbocycles.